The van der Waals surface area contributed by atoms with Gasteiger partial charge in [0.25, 0.3) is 0 Å². The monoisotopic (exact) mass is 360 g/mol. The molecule has 6 heteroatoms. The molecular formula is C20H24O6. The summed E-state index contributed by atoms with van der Waals surface area (Å²) in [7, 11) is 1.28. The lowest BCUT2D eigenvalue weighted by molar-refractivity contribution is -0.257. The Labute approximate surface area is 153 Å². The van der Waals surface area contributed by atoms with Gasteiger partial charge in [-0.1, -0.05) is 31.5 Å². The summed E-state index contributed by atoms with van der Waals surface area (Å²) in [4.78, 5) is 24.5. The van der Waals surface area contributed by atoms with Gasteiger partial charge in [0.05, 0.1) is 25.7 Å². The summed E-state index contributed by atoms with van der Waals surface area (Å²) in [5.74, 6) is -1.43. The molecule has 1 saturated heterocycles. The van der Waals surface area contributed by atoms with Crippen LogP contribution in [0.4, 0.5) is 0 Å². The van der Waals surface area contributed by atoms with Crippen LogP contribution in [0.1, 0.15) is 43.0 Å². The van der Waals surface area contributed by atoms with Crippen molar-refractivity contribution < 1.29 is 28.5 Å². The van der Waals surface area contributed by atoms with Crippen molar-refractivity contribution in [2.75, 3.05) is 13.7 Å². The van der Waals surface area contributed by atoms with Gasteiger partial charge in [-0.3, -0.25) is 0 Å². The molecule has 2 aliphatic rings. The van der Waals surface area contributed by atoms with Gasteiger partial charge in [0.2, 0.25) is 5.79 Å². The molecule has 1 fully saturated rings. The summed E-state index contributed by atoms with van der Waals surface area (Å²) < 4.78 is 22.2. The largest absolute Gasteiger partial charge is 0.469 e. The maximum atomic E-state index is 12.5. The van der Waals surface area contributed by atoms with Crippen molar-refractivity contribution in [3.63, 3.8) is 0 Å². The van der Waals surface area contributed by atoms with Crippen molar-refractivity contribution in [3.8, 4) is 0 Å². The SMILES string of the molecule is CC[C@@H]1CC[C@]2(C[C@@H](OC(=O)c3ccccc3)C(C(=O)OC)=CO2)OC1. The molecule has 2 aliphatic heterocycles. The number of ether oxygens (including phenoxy) is 4. The number of hydrogen-bond acceptors (Lipinski definition) is 6. The summed E-state index contributed by atoms with van der Waals surface area (Å²) in [5.41, 5.74) is 0.608. The molecule has 0 aromatic heterocycles. The van der Waals surface area contributed by atoms with Crippen LogP contribution in [0.5, 0.6) is 0 Å². The normalized spacial score (nSPS) is 28.0. The van der Waals surface area contributed by atoms with Gasteiger partial charge in [-0.15, -0.1) is 0 Å². The van der Waals surface area contributed by atoms with E-state index < -0.39 is 23.8 Å². The van der Waals surface area contributed by atoms with E-state index in [4.69, 9.17) is 18.9 Å². The van der Waals surface area contributed by atoms with E-state index in [1.54, 1.807) is 24.3 Å². The van der Waals surface area contributed by atoms with Gasteiger partial charge in [0.15, 0.2) is 0 Å². The predicted molar refractivity (Wildman–Crippen MR) is 93.1 cm³/mol. The highest BCUT2D eigenvalue weighted by Crippen LogP contribution is 2.39. The highest BCUT2D eigenvalue weighted by atomic mass is 16.7. The quantitative estimate of drug-likeness (QED) is 0.768. The molecule has 140 valence electrons. The van der Waals surface area contributed by atoms with Gasteiger partial charge in [0.1, 0.15) is 17.9 Å². The van der Waals surface area contributed by atoms with Gasteiger partial charge in [-0.05, 0) is 24.5 Å². The van der Waals surface area contributed by atoms with Crippen molar-refractivity contribution in [2.24, 2.45) is 5.92 Å². The first-order chi connectivity index (χ1) is 12.6. The summed E-state index contributed by atoms with van der Waals surface area (Å²) in [6, 6.07) is 8.67. The van der Waals surface area contributed by atoms with Gasteiger partial charge in [-0.25, -0.2) is 9.59 Å². The molecule has 1 spiro atoms. The zero-order valence-corrected chi connectivity index (χ0v) is 15.1. The molecular weight excluding hydrogens is 336 g/mol. The second-order valence-electron chi connectivity index (χ2n) is 6.68. The minimum absolute atomic E-state index is 0.184. The van der Waals surface area contributed by atoms with Gasteiger partial charge < -0.3 is 18.9 Å². The second-order valence-corrected chi connectivity index (χ2v) is 6.68. The van der Waals surface area contributed by atoms with E-state index in [2.05, 4.69) is 6.92 Å². The number of hydrogen-bond donors (Lipinski definition) is 0. The number of methoxy groups -OCH3 is 1. The molecule has 0 bridgehead atoms. The average molecular weight is 360 g/mol. The van der Waals surface area contributed by atoms with Crippen LogP contribution in [0.3, 0.4) is 0 Å². The molecule has 3 atom stereocenters. The second kappa shape index (κ2) is 7.91. The lowest BCUT2D eigenvalue weighted by Gasteiger charge is -2.43. The first kappa shape index (κ1) is 18.5. The number of carbonyl (C=O) groups excluding carboxylic acids is 2. The van der Waals surface area contributed by atoms with Crippen LogP contribution >= 0.6 is 0 Å². The Morgan fingerprint density at radius 2 is 2.00 bits per heavy atom. The van der Waals surface area contributed by atoms with Crippen molar-refractivity contribution in [3.05, 3.63) is 47.7 Å². The van der Waals surface area contributed by atoms with Crippen LogP contribution in [-0.4, -0.2) is 37.5 Å². The molecule has 0 amide bonds. The Morgan fingerprint density at radius 1 is 1.23 bits per heavy atom. The standard InChI is InChI=1S/C20H24O6/c1-3-14-9-10-20(24-12-14)11-17(16(13-25-20)19(22)23-2)26-18(21)15-7-5-4-6-8-15/h4-8,13-14,17H,3,9-12H2,1-2H3/t14-,17-,20+/m1/s1. The van der Waals surface area contributed by atoms with E-state index >= 15 is 0 Å². The highest BCUT2D eigenvalue weighted by molar-refractivity contribution is 5.92. The summed E-state index contributed by atoms with van der Waals surface area (Å²) >= 11 is 0. The summed E-state index contributed by atoms with van der Waals surface area (Å²) in [6.07, 6.45) is 3.52. The Balaban J connectivity index is 1.78. The van der Waals surface area contributed by atoms with Gasteiger partial charge >= 0.3 is 11.9 Å². The number of carbonyl (C=O) groups is 2. The molecule has 1 aromatic rings. The van der Waals surface area contributed by atoms with E-state index in [-0.39, 0.29) is 12.0 Å². The van der Waals surface area contributed by atoms with E-state index in [0.717, 1.165) is 12.8 Å². The third kappa shape index (κ3) is 3.90. The maximum absolute atomic E-state index is 12.5. The molecule has 3 rings (SSSR count). The molecule has 6 nitrogen and oxygen atoms in total. The zero-order valence-electron chi connectivity index (χ0n) is 15.1. The molecule has 0 aliphatic carbocycles. The Morgan fingerprint density at radius 3 is 2.62 bits per heavy atom. The third-order valence-corrected chi connectivity index (χ3v) is 5.02. The van der Waals surface area contributed by atoms with Crippen LogP contribution in [0.2, 0.25) is 0 Å². The van der Waals surface area contributed by atoms with Crippen molar-refractivity contribution in [1.29, 1.82) is 0 Å². The number of rotatable bonds is 4. The Bertz CT molecular complexity index is 673. The van der Waals surface area contributed by atoms with Gasteiger partial charge in [-0.2, -0.15) is 0 Å². The fraction of sp³-hybridized carbons (Fsp3) is 0.500. The fourth-order valence-corrected chi connectivity index (χ4v) is 3.29. The topological polar surface area (TPSA) is 71.1 Å². The first-order valence-electron chi connectivity index (χ1n) is 8.93. The highest BCUT2D eigenvalue weighted by Gasteiger charge is 2.46. The van der Waals surface area contributed by atoms with E-state index in [1.165, 1.54) is 13.4 Å². The van der Waals surface area contributed by atoms with Crippen molar-refractivity contribution in [2.45, 2.75) is 44.5 Å². The molecule has 0 unspecified atom stereocenters. The summed E-state index contributed by atoms with van der Waals surface area (Å²) in [5, 5.41) is 0. The van der Waals surface area contributed by atoms with Crippen molar-refractivity contribution >= 4 is 11.9 Å². The smallest absolute Gasteiger partial charge is 0.340 e. The van der Waals surface area contributed by atoms with Gasteiger partial charge in [0, 0.05) is 6.42 Å². The first-order valence-corrected chi connectivity index (χ1v) is 8.93. The molecule has 26 heavy (non-hydrogen) atoms. The minimum atomic E-state index is -0.856. The maximum Gasteiger partial charge on any atom is 0.340 e. The lowest BCUT2D eigenvalue weighted by atomic mass is 9.89. The molecule has 1 aromatic carbocycles. The van der Waals surface area contributed by atoms with Crippen molar-refractivity contribution in [1.82, 2.24) is 0 Å². The lowest BCUT2D eigenvalue weighted by Crippen LogP contribution is -2.48. The molecule has 0 radical (unpaired) electrons. The van der Waals surface area contributed by atoms with E-state index in [1.807, 2.05) is 6.07 Å². The van der Waals surface area contributed by atoms with Crippen LogP contribution < -0.4 is 0 Å². The fourth-order valence-electron chi connectivity index (χ4n) is 3.29. The van der Waals surface area contributed by atoms with Crippen LogP contribution in [0.25, 0.3) is 0 Å². The Hall–Kier alpha value is -2.34. The summed E-state index contributed by atoms with van der Waals surface area (Å²) in [6.45, 7) is 2.73. The number of benzene rings is 1. The van der Waals surface area contributed by atoms with E-state index in [9.17, 15) is 9.59 Å². The van der Waals surface area contributed by atoms with Crippen LogP contribution in [0.15, 0.2) is 42.2 Å². The molecule has 0 saturated carbocycles. The molecule has 0 N–H and O–H groups in total. The average Bonchev–Trinajstić information content (AvgIpc) is 2.69. The predicted octanol–water partition coefficient (Wildman–Crippen LogP) is 3.22. The zero-order chi connectivity index (χ0) is 18.6. The Kier molecular flexibility index (Phi) is 5.61. The minimum Gasteiger partial charge on any atom is -0.469 e. The third-order valence-electron chi connectivity index (χ3n) is 5.02. The van der Waals surface area contributed by atoms with Crippen LogP contribution in [-0.2, 0) is 23.7 Å². The van der Waals surface area contributed by atoms with E-state index in [0.29, 0.717) is 24.5 Å². The molecule has 2 heterocycles. The van der Waals surface area contributed by atoms with Crippen LogP contribution in [0, 0.1) is 5.92 Å². The number of esters is 2.